The Bertz CT molecular complexity index is 917. The fourth-order valence-electron chi connectivity index (χ4n) is 2.24. The number of rotatable bonds is 4. The van der Waals surface area contributed by atoms with Crippen LogP contribution in [0.15, 0.2) is 48.5 Å². The molecular formula is C17H10N2Na2O7. The van der Waals surface area contributed by atoms with E-state index in [4.69, 9.17) is 0 Å². The van der Waals surface area contributed by atoms with E-state index in [1.807, 2.05) is 0 Å². The van der Waals surface area contributed by atoms with E-state index in [1.165, 1.54) is 34.9 Å². The summed E-state index contributed by atoms with van der Waals surface area (Å²) in [6, 6.07) is 11.2. The molecule has 0 fully saturated rings. The van der Waals surface area contributed by atoms with Crippen molar-refractivity contribution in [2.24, 2.45) is 0 Å². The molecule has 11 heteroatoms. The van der Waals surface area contributed by atoms with E-state index in [0.717, 1.165) is 6.07 Å². The summed E-state index contributed by atoms with van der Waals surface area (Å²) in [6.45, 7) is 0. The van der Waals surface area contributed by atoms with Gasteiger partial charge in [0.15, 0.2) is 5.78 Å². The molecule has 0 aromatic heterocycles. The third-order valence-corrected chi connectivity index (χ3v) is 3.25. The minimum absolute atomic E-state index is 0. The van der Waals surface area contributed by atoms with Gasteiger partial charge in [0.05, 0.1) is 11.1 Å². The van der Waals surface area contributed by atoms with Gasteiger partial charge in [-0.15, -0.1) is 0 Å². The van der Waals surface area contributed by atoms with Crippen molar-refractivity contribution in [1.82, 2.24) is 10.6 Å². The van der Waals surface area contributed by atoms with Crippen LogP contribution < -0.4 is 80.0 Å². The first-order valence-electron chi connectivity index (χ1n) is 7.08. The molecule has 2 N–H and O–H groups in total. The Morgan fingerprint density at radius 3 is 1.68 bits per heavy atom. The topological polar surface area (TPSA) is 156 Å². The molecule has 0 bridgehead atoms. The maximum Gasteiger partial charge on any atom is 1.00 e. The van der Waals surface area contributed by atoms with Crippen molar-refractivity contribution >= 4 is 29.8 Å². The van der Waals surface area contributed by atoms with Crippen molar-refractivity contribution in [3.63, 3.8) is 0 Å². The standard InChI is InChI=1S/C17H12N2O7.2Na/c20-13(9-5-2-1-3-6-9)10-7-4-8-11(14(21)18-16(23)24)12(10)15(22)19-17(25)26;;/h1-8H,(H,18,21)(H,19,22)(H,23,24)(H,25,26);;/q;2*+1/p-2. The molecule has 2 aromatic carbocycles. The van der Waals surface area contributed by atoms with Crippen LogP contribution in [0, 0.1) is 0 Å². The predicted molar refractivity (Wildman–Crippen MR) is 82.0 cm³/mol. The van der Waals surface area contributed by atoms with E-state index in [-0.39, 0.29) is 70.2 Å². The zero-order chi connectivity index (χ0) is 19.3. The van der Waals surface area contributed by atoms with Crippen LogP contribution in [0.1, 0.15) is 36.6 Å². The Morgan fingerprint density at radius 2 is 1.14 bits per heavy atom. The van der Waals surface area contributed by atoms with Crippen LogP contribution in [-0.2, 0) is 0 Å². The van der Waals surface area contributed by atoms with Crippen LogP contribution in [0.2, 0.25) is 0 Å². The number of carboxylic acid groups (broad SMARTS) is 2. The largest absolute Gasteiger partial charge is 1.00 e. The van der Waals surface area contributed by atoms with Crippen molar-refractivity contribution in [1.29, 1.82) is 0 Å². The average molecular weight is 400 g/mol. The number of carbonyl (C=O) groups is 5. The van der Waals surface area contributed by atoms with Gasteiger partial charge in [0.2, 0.25) is 0 Å². The Labute approximate surface area is 203 Å². The third kappa shape index (κ3) is 6.55. The number of hydrogen-bond donors (Lipinski definition) is 2. The fourth-order valence-corrected chi connectivity index (χ4v) is 2.24. The van der Waals surface area contributed by atoms with Gasteiger partial charge in [-0.05, 0) is 6.07 Å². The number of ketones is 1. The van der Waals surface area contributed by atoms with Gasteiger partial charge < -0.3 is 30.4 Å². The first-order chi connectivity index (χ1) is 12.3. The summed E-state index contributed by atoms with van der Waals surface area (Å²) >= 11 is 0. The second kappa shape index (κ2) is 11.7. The van der Waals surface area contributed by atoms with Gasteiger partial charge in [-0.1, -0.05) is 42.5 Å². The zero-order valence-electron chi connectivity index (χ0n) is 15.0. The summed E-state index contributed by atoms with van der Waals surface area (Å²) in [5, 5.41) is 24.1. The zero-order valence-corrected chi connectivity index (χ0v) is 19.0. The van der Waals surface area contributed by atoms with Gasteiger partial charge in [-0.2, -0.15) is 0 Å². The van der Waals surface area contributed by atoms with Crippen LogP contribution in [0.5, 0.6) is 0 Å². The second-order valence-electron chi connectivity index (χ2n) is 4.91. The Morgan fingerprint density at radius 1 is 0.643 bits per heavy atom. The van der Waals surface area contributed by atoms with E-state index >= 15 is 0 Å². The van der Waals surface area contributed by atoms with Crippen LogP contribution in [-0.4, -0.2) is 29.8 Å². The number of amides is 4. The molecule has 0 aliphatic carbocycles. The number of imide groups is 2. The minimum Gasteiger partial charge on any atom is -0.530 e. The van der Waals surface area contributed by atoms with Gasteiger partial charge in [0, 0.05) is 11.1 Å². The third-order valence-electron chi connectivity index (χ3n) is 3.25. The number of carbonyl (C=O) groups excluding carboxylic acids is 5. The monoisotopic (exact) mass is 400 g/mol. The van der Waals surface area contributed by atoms with Gasteiger partial charge in [0.25, 0.3) is 11.8 Å². The molecule has 0 heterocycles. The summed E-state index contributed by atoms with van der Waals surface area (Å²) < 4.78 is 0. The summed E-state index contributed by atoms with van der Waals surface area (Å²) in [6.07, 6.45) is -3.88. The maximum atomic E-state index is 12.7. The van der Waals surface area contributed by atoms with Gasteiger partial charge in [0.1, 0.15) is 12.2 Å². The van der Waals surface area contributed by atoms with Crippen LogP contribution in [0.25, 0.3) is 0 Å². The normalized spacial score (nSPS) is 9.14. The van der Waals surface area contributed by atoms with Crippen LogP contribution in [0.3, 0.4) is 0 Å². The molecule has 0 atom stereocenters. The SMILES string of the molecule is O=C([O-])NC(=O)c1cccc(C(=O)c2ccccc2)c1C(=O)NC(=O)[O-].[Na+].[Na+]. The first-order valence-corrected chi connectivity index (χ1v) is 7.08. The molecule has 9 nitrogen and oxygen atoms in total. The summed E-state index contributed by atoms with van der Waals surface area (Å²) in [5.41, 5.74) is -1.24. The smallest absolute Gasteiger partial charge is 0.530 e. The minimum atomic E-state index is -1.96. The fraction of sp³-hybridized carbons (Fsp3) is 0. The average Bonchev–Trinajstić information content (AvgIpc) is 2.60. The summed E-state index contributed by atoms with van der Waals surface area (Å²) in [4.78, 5) is 58.1. The number of nitrogens with one attached hydrogen (secondary N) is 2. The Balaban J connectivity index is 0.00000364. The Kier molecular flexibility index (Phi) is 10.9. The van der Waals surface area contributed by atoms with Crippen molar-refractivity contribution < 1.29 is 93.3 Å². The molecule has 2 rings (SSSR count). The van der Waals surface area contributed by atoms with Crippen LogP contribution >= 0.6 is 0 Å². The number of hydrogen-bond acceptors (Lipinski definition) is 7. The van der Waals surface area contributed by atoms with E-state index in [0.29, 0.717) is 0 Å². The van der Waals surface area contributed by atoms with E-state index in [1.54, 1.807) is 18.2 Å². The van der Waals surface area contributed by atoms with Gasteiger partial charge in [-0.25, -0.2) is 0 Å². The molecule has 0 aliphatic rings. The predicted octanol–water partition coefficient (Wildman–Crippen LogP) is -6.93. The van der Waals surface area contributed by atoms with Gasteiger partial charge in [-0.3, -0.25) is 14.4 Å². The molecule has 0 saturated carbocycles. The second-order valence-corrected chi connectivity index (χ2v) is 4.91. The van der Waals surface area contributed by atoms with Gasteiger partial charge >= 0.3 is 59.1 Å². The summed E-state index contributed by atoms with van der Waals surface area (Å²) in [7, 11) is 0. The first kappa shape index (κ1) is 26.0. The van der Waals surface area contributed by atoms with Crippen molar-refractivity contribution in [2.75, 3.05) is 0 Å². The molecule has 4 amide bonds. The molecule has 0 spiro atoms. The molecule has 132 valence electrons. The molecule has 0 aliphatic heterocycles. The van der Waals surface area contributed by atoms with E-state index in [2.05, 4.69) is 0 Å². The van der Waals surface area contributed by atoms with Crippen molar-refractivity contribution in [3.05, 3.63) is 70.8 Å². The quantitative estimate of drug-likeness (QED) is 0.382. The van der Waals surface area contributed by atoms with E-state index in [9.17, 15) is 34.2 Å². The molecule has 0 unspecified atom stereocenters. The maximum absolute atomic E-state index is 12.7. The molecule has 0 saturated heterocycles. The van der Waals surface area contributed by atoms with Crippen molar-refractivity contribution in [2.45, 2.75) is 0 Å². The van der Waals surface area contributed by atoms with E-state index < -0.39 is 40.9 Å². The van der Waals surface area contributed by atoms with Crippen molar-refractivity contribution in [3.8, 4) is 0 Å². The number of benzene rings is 2. The molecule has 2 aromatic rings. The Hall–Kier alpha value is -2.01. The molecular weight excluding hydrogens is 390 g/mol. The molecule has 28 heavy (non-hydrogen) atoms. The molecule has 0 radical (unpaired) electrons. The summed E-state index contributed by atoms with van der Waals surface area (Å²) in [5.74, 6) is -3.23. The van der Waals surface area contributed by atoms with Crippen LogP contribution in [0.4, 0.5) is 9.59 Å².